The predicted octanol–water partition coefficient (Wildman–Crippen LogP) is 1.80. The van der Waals surface area contributed by atoms with Crippen LogP contribution in [0.2, 0.25) is 0 Å². The van der Waals surface area contributed by atoms with Gasteiger partial charge in [-0.25, -0.2) is 4.99 Å². The first-order valence-electron chi connectivity index (χ1n) is 5.36. The van der Waals surface area contributed by atoms with E-state index in [-0.39, 0.29) is 0 Å². The van der Waals surface area contributed by atoms with Crippen LogP contribution in [-0.2, 0) is 0 Å². The van der Waals surface area contributed by atoms with Gasteiger partial charge in [-0.2, -0.15) is 5.10 Å². The third kappa shape index (κ3) is 2.59. The Hall–Kier alpha value is -1.84. The largest absolute Gasteiger partial charge is 0.369 e. The maximum absolute atomic E-state index is 4.46. The number of aliphatic imine (C=N–C) groups is 1. The Morgan fingerprint density at radius 3 is 2.75 bits per heavy atom. The van der Waals surface area contributed by atoms with Gasteiger partial charge in [0.25, 0.3) is 0 Å². The minimum absolute atomic E-state index is 0.887. The monoisotopic (exact) mass is 216 g/mol. The standard InChI is InChI=1S/C12H16N4/c1-15(2)10-13-12-8-9-16(14-12)11-6-4-3-5-7-11/h3-7,10H,8-9H2,1-2H3. The summed E-state index contributed by atoms with van der Waals surface area (Å²) < 4.78 is 0. The van der Waals surface area contributed by atoms with Crippen molar-refractivity contribution in [3.05, 3.63) is 30.3 Å². The highest BCUT2D eigenvalue weighted by atomic mass is 15.5. The molecule has 1 aromatic rings. The molecular weight excluding hydrogens is 200 g/mol. The van der Waals surface area contributed by atoms with Gasteiger partial charge >= 0.3 is 0 Å². The van der Waals surface area contributed by atoms with Crippen molar-refractivity contribution in [1.82, 2.24) is 4.90 Å². The SMILES string of the molecule is CN(C)C=NC1=NN(c2ccccc2)CC1. The minimum atomic E-state index is 0.887. The summed E-state index contributed by atoms with van der Waals surface area (Å²) in [6.07, 6.45) is 2.69. The Morgan fingerprint density at radius 2 is 2.06 bits per heavy atom. The van der Waals surface area contributed by atoms with Gasteiger partial charge in [-0.05, 0) is 12.1 Å². The van der Waals surface area contributed by atoms with Gasteiger partial charge < -0.3 is 4.90 Å². The molecule has 4 heteroatoms. The smallest absolute Gasteiger partial charge is 0.152 e. The molecule has 1 aliphatic rings. The molecule has 1 heterocycles. The molecule has 0 amide bonds. The molecule has 2 rings (SSSR count). The number of rotatable bonds is 2. The molecule has 0 aromatic heterocycles. The number of hydrogen-bond donors (Lipinski definition) is 0. The van der Waals surface area contributed by atoms with Crippen LogP contribution >= 0.6 is 0 Å². The lowest BCUT2D eigenvalue weighted by atomic mass is 10.3. The van der Waals surface area contributed by atoms with Crippen molar-refractivity contribution in [2.45, 2.75) is 6.42 Å². The Kier molecular flexibility index (Phi) is 3.19. The lowest BCUT2D eigenvalue weighted by molar-refractivity contribution is 0.644. The molecular formula is C12H16N4. The first-order chi connectivity index (χ1) is 7.75. The summed E-state index contributed by atoms with van der Waals surface area (Å²) in [4.78, 5) is 6.22. The summed E-state index contributed by atoms with van der Waals surface area (Å²) in [5, 5.41) is 6.44. The molecule has 84 valence electrons. The van der Waals surface area contributed by atoms with Crippen LogP contribution in [0.1, 0.15) is 6.42 Å². The molecule has 4 nitrogen and oxygen atoms in total. The summed E-state index contributed by atoms with van der Waals surface area (Å²) in [6.45, 7) is 0.907. The summed E-state index contributed by atoms with van der Waals surface area (Å²) in [6, 6.07) is 10.2. The Labute approximate surface area is 95.9 Å². The second kappa shape index (κ2) is 4.79. The lowest BCUT2D eigenvalue weighted by Gasteiger charge is -2.12. The van der Waals surface area contributed by atoms with Crippen LogP contribution < -0.4 is 5.01 Å². The molecule has 0 saturated heterocycles. The van der Waals surface area contributed by atoms with Gasteiger partial charge in [0.15, 0.2) is 5.84 Å². The predicted molar refractivity (Wildman–Crippen MR) is 68.0 cm³/mol. The molecule has 1 aromatic carbocycles. The van der Waals surface area contributed by atoms with E-state index in [9.17, 15) is 0 Å². The van der Waals surface area contributed by atoms with Gasteiger partial charge in [0.05, 0.1) is 12.0 Å². The molecule has 0 atom stereocenters. The van der Waals surface area contributed by atoms with Crippen LogP contribution in [0.5, 0.6) is 0 Å². The second-order valence-corrected chi connectivity index (χ2v) is 3.93. The van der Waals surface area contributed by atoms with Crippen molar-refractivity contribution in [2.24, 2.45) is 10.1 Å². The number of hydrogen-bond acceptors (Lipinski definition) is 3. The molecule has 16 heavy (non-hydrogen) atoms. The molecule has 0 radical (unpaired) electrons. The highest BCUT2D eigenvalue weighted by Crippen LogP contribution is 2.18. The van der Waals surface area contributed by atoms with Gasteiger partial charge in [0, 0.05) is 27.1 Å². The summed E-state index contributed by atoms with van der Waals surface area (Å²) in [5.41, 5.74) is 1.12. The van der Waals surface area contributed by atoms with E-state index in [1.54, 1.807) is 6.34 Å². The van der Waals surface area contributed by atoms with E-state index in [2.05, 4.69) is 22.2 Å². The Morgan fingerprint density at radius 1 is 1.31 bits per heavy atom. The first-order valence-corrected chi connectivity index (χ1v) is 5.36. The number of hydrazone groups is 1. The van der Waals surface area contributed by atoms with Crippen molar-refractivity contribution < 1.29 is 0 Å². The van der Waals surface area contributed by atoms with Crippen molar-refractivity contribution in [3.63, 3.8) is 0 Å². The van der Waals surface area contributed by atoms with Gasteiger partial charge in [-0.15, -0.1) is 0 Å². The normalized spacial score (nSPS) is 15.6. The lowest BCUT2D eigenvalue weighted by Crippen LogP contribution is -2.11. The number of benzene rings is 1. The zero-order valence-corrected chi connectivity index (χ0v) is 9.67. The van der Waals surface area contributed by atoms with Crippen molar-refractivity contribution in [2.75, 3.05) is 25.6 Å². The van der Waals surface area contributed by atoms with E-state index in [1.165, 1.54) is 0 Å². The second-order valence-electron chi connectivity index (χ2n) is 3.93. The van der Waals surface area contributed by atoms with E-state index in [1.807, 2.05) is 42.2 Å². The van der Waals surface area contributed by atoms with Crippen LogP contribution in [0.3, 0.4) is 0 Å². The topological polar surface area (TPSA) is 31.2 Å². The molecule has 0 spiro atoms. The Balaban J connectivity index is 2.06. The first kappa shape index (κ1) is 10.7. The summed E-state index contributed by atoms with van der Waals surface area (Å²) in [7, 11) is 3.90. The van der Waals surface area contributed by atoms with E-state index in [0.717, 1.165) is 24.5 Å². The van der Waals surface area contributed by atoms with Gasteiger partial charge in [0.1, 0.15) is 0 Å². The molecule has 0 N–H and O–H groups in total. The van der Waals surface area contributed by atoms with Crippen LogP contribution in [0.4, 0.5) is 5.69 Å². The average molecular weight is 216 g/mol. The zero-order valence-electron chi connectivity index (χ0n) is 9.67. The quantitative estimate of drug-likeness (QED) is 0.557. The summed E-state index contributed by atoms with van der Waals surface area (Å²) in [5.74, 6) is 0.887. The average Bonchev–Trinajstić information content (AvgIpc) is 2.76. The van der Waals surface area contributed by atoms with E-state index in [4.69, 9.17) is 0 Å². The van der Waals surface area contributed by atoms with Crippen LogP contribution in [0, 0.1) is 0 Å². The molecule has 1 aliphatic heterocycles. The molecule has 0 bridgehead atoms. The maximum Gasteiger partial charge on any atom is 0.152 e. The Bertz CT molecular complexity index is 395. The van der Waals surface area contributed by atoms with Crippen LogP contribution in [0.15, 0.2) is 40.4 Å². The van der Waals surface area contributed by atoms with Crippen molar-refractivity contribution in [3.8, 4) is 0 Å². The van der Waals surface area contributed by atoms with E-state index in [0.29, 0.717) is 0 Å². The molecule has 0 fully saturated rings. The fraction of sp³-hybridized carbons (Fsp3) is 0.333. The molecule has 0 aliphatic carbocycles. The fourth-order valence-corrected chi connectivity index (χ4v) is 1.50. The highest BCUT2D eigenvalue weighted by Gasteiger charge is 2.14. The maximum atomic E-state index is 4.46. The van der Waals surface area contributed by atoms with E-state index < -0.39 is 0 Å². The van der Waals surface area contributed by atoms with Gasteiger partial charge in [-0.1, -0.05) is 18.2 Å². The zero-order chi connectivity index (χ0) is 11.4. The molecule has 0 unspecified atom stereocenters. The van der Waals surface area contributed by atoms with Crippen LogP contribution in [0.25, 0.3) is 0 Å². The minimum Gasteiger partial charge on any atom is -0.369 e. The van der Waals surface area contributed by atoms with E-state index >= 15 is 0 Å². The fourth-order valence-electron chi connectivity index (χ4n) is 1.50. The third-order valence-electron chi connectivity index (χ3n) is 2.28. The number of nitrogens with zero attached hydrogens (tertiary/aromatic N) is 4. The van der Waals surface area contributed by atoms with Crippen molar-refractivity contribution in [1.29, 1.82) is 0 Å². The van der Waals surface area contributed by atoms with Crippen molar-refractivity contribution >= 4 is 17.9 Å². The number of para-hydroxylation sites is 1. The summed E-state index contributed by atoms with van der Waals surface area (Å²) >= 11 is 0. The highest BCUT2D eigenvalue weighted by molar-refractivity contribution is 5.91. The number of anilines is 1. The number of amidine groups is 1. The van der Waals surface area contributed by atoms with Gasteiger partial charge in [-0.3, -0.25) is 5.01 Å². The van der Waals surface area contributed by atoms with Gasteiger partial charge in [0.2, 0.25) is 0 Å². The molecule has 0 saturated carbocycles. The van der Waals surface area contributed by atoms with Crippen LogP contribution in [-0.4, -0.2) is 37.7 Å². The third-order valence-corrected chi connectivity index (χ3v) is 2.28.